The van der Waals surface area contributed by atoms with Crippen LogP contribution in [0.2, 0.25) is 0 Å². The van der Waals surface area contributed by atoms with Crippen LogP contribution in [0.25, 0.3) is 0 Å². The number of aromatic hydroxyl groups is 1. The first-order valence-electron chi connectivity index (χ1n) is 12.3. The molecule has 0 aromatic heterocycles. The predicted octanol–water partition coefficient (Wildman–Crippen LogP) is 5.47. The number of nitrogens with two attached hydrogens (primary N) is 2. The maximum atomic E-state index is 11.6. The van der Waals surface area contributed by atoms with Crippen molar-refractivity contribution in [2.24, 2.45) is 16.1 Å². The van der Waals surface area contributed by atoms with Gasteiger partial charge in [-0.15, -0.1) is 0 Å². The summed E-state index contributed by atoms with van der Waals surface area (Å²) < 4.78 is 18.0. The van der Waals surface area contributed by atoms with E-state index in [1.54, 1.807) is 30.3 Å². The minimum absolute atomic E-state index is 0.0129. The first kappa shape index (κ1) is 28.7. The lowest BCUT2D eigenvalue weighted by Crippen LogP contribution is -2.09. The Morgan fingerprint density at radius 1 is 0.947 bits per heavy atom. The molecule has 3 aromatic rings. The third-order valence-corrected chi connectivity index (χ3v) is 6.30. The lowest BCUT2D eigenvalue weighted by molar-refractivity contribution is 0.0694. The Morgan fingerprint density at radius 3 is 2.29 bits per heavy atom. The van der Waals surface area contributed by atoms with E-state index < -0.39 is 5.97 Å². The van der Waals surface area contributed by atoms with E-state index in [1.807, 2.05) is 25.1 Å². The second-order valence-corrected chi connectivity index (χ2v) is 8.94. The van der Waals surface area contributed by atoms with Gasteiger partial charge in [0.15, 0.2) is 0 Å². The van der Waals surface area contributed by atoms with Gasteiger partial charge in [0.25, 0.3) is 0 Å². The number of carbonyl (C=O) groups is 1. The summed E-state index contributed by atoms with van der Waals surface area (Å²) in [6.07, 6.45) is 2.85. The van der Waals surface area contributed by atoms with Gasteiger partial charge in [0.2, 0.25) is 0 Å². The molecule has 0 fully saturated rings. The summed E-state index contributed by atoms with van der Waals surface area (Å²) in [5, 5.41) is 29.4. The highest BCUT2D eigenvalue weighted by atomic mass is 32.2. The molecular formula is C28H33N3O6S. The van der Waals surface area contributed by atoms with Gasteiger partial charge in [-0.3, -0.25) is 5.14 Å². The highest BCUT2D eigenvalue weighted by molar-refractivity contribution is 8.12. The van der Waals surface area contributed by atoms with Crippen LogP contribution in [-0.2, 0) is 12.8 Å². The largest absolute Gasteiger partial charge is 0.507 e. The number of aryl methyl sites for hydroxylation is 1. The molecule has 3 rings (SSSR count). The van der Waals surface area contributed by atoms with E-state index in [4.69, 9.17) is 25.2 Å². The summed E-state index contributed by atoms with van der Waals surface area (Å²) in [7, 11) is 0. The van der Waals surface area contributed by atoms with Gasteiger partial charge in [-0.1, -0.05) is 38.5 Å². The van der Waals surface area contributed by atoms with Crippen LogP contribution in [0.3, 0.4) is 0 Å². The molecule has 0 atom stereocenters. The van der Waals surface area contributed by atoms with Crippen LogP contribution in [0, 0.1) is 0 Å². The zero-order valence-corrected chi connectivity index (χ0v) is 22.3. The summed E-state index contributed by atoms with van der Waals surface area (Å²) in [5.41, 5.74) is 2.33. The van der Waals surface area contributed by atoms with E-state index in [0.29, 0.717) is 60.3 Å². The first-order chi connectivity index (χ1) is 18.4. The molecule has 0 saturated carbocycles. The van der Waals surface area contributed by atoms with Gasteiger partial charge in [-0.25, -0.2) is 4.79 Å². The summed E-state index contributed by atoms with van der Waals surface area (Å²) in [5.74, 6) is 6.40. The average Bonchev–Trinajstić information content (AvgIpc) is 2.92. The third-order valence-electron chi connectivity index (χ3n) is 5.75. The average molecular weight is 540 g/mol. The lowest BCUT2D eigenvalue weighted by Gasteiger charge is -2.17. The monoisotopic (exact) mass is 539 g/mol. The van der Waals surface area contributed by atoms with E-state index >= 15 is 0 Å². The van der Waals surface area contributed by atoms with Crippen LogP contribution in [0.5, 0.6) is 28.7 Å². The van der Waals surface area contributed by atoms with Crippen LogP contribution in [0.1, 0.15) is 53.7 Å². The first-order valence-corrected chi connectivity index (χ1v) is 13.2. The minimum Gasteiger partial charge on any atom is -0.507 e. The predicted molar refractivity (Wildman–Crippen MR) is 150 cm³/mol. The van der Waals surface area contributed by atoms with Gasteiger partial charge in [0, 0.05) is 18.1 Å². The molecule has 0 heterocycles. The van der Waals surface area contributed by atoms with Gasteiger partial charge in [0.1, 0.15) is 39.4 Å². The fourth-order valence-corrected chi connectivity index (χ4v) is 4.26. The van der Waals surface area contributed by atoms with Crippen molar-refractivity contribution in [2.75, 3.05) is 13.2 Å². The van der Waals surface area contributed by atoms with E-state index in [9.17, 15) is 15.0 Å². The number of para-hydroxylation sites is 1. The molecule has 0 aliphatic carbocycles. The van der Waals surface area contributed by atoms with Gasteiger partial charge in [-0.2, -0.15) is 5.10 Å². The number of ether oxygens (including phenoxy) is 3. The Kier molecular flexibility index (Phi) is 10.7. The molecule has 0 radical (unpaired) electrons. The van der Waals surface area contributed by atoms with Crippen LogP contribution >= 0.6 is 11.9 Å². The number of rotatable bonds is 13. The Hall–Kier alpha value is -3.89. The zero-order valence-electron chi connectivity index (χ0n) is 21.5. The number of phenols is 1. The second kappa shape index (κ2) is 14.2. The van der Waals surface area contributed by atoms with Gasteiger partial charge < -0.3 is 30.3 Å². The zero-order chi connectivity index (χ0) is 27.5. The molecule has 0 amide bonds. The van der Waals surface area contributed by atoms with Gasteiger partial charge in [-0.05, 0) is 60.7 Å². The van der Waals surface area contributed by atoms with Crippen molar-refractivity contribution in [2.45, 2.75) is 39.5 Å². The number of carboxylic acid groups (broad SMARTS) is 1. The van der Waals surface area contributed by atoms with Crippen molar-refractivity contribution in [1.29, 1.82) is 0 Å². The molecule has 0 bridgehead atoms. The second-order valence-electron chi connectivity index (χ2n) is 8.32. The van der Waals surface area contributed by atoms with Gasteiger partial charge in [0.05, 0.1) is 18.8 Å². The maximum Gasteiger partial charge on any atom is 0.339 e. The van der Waals surface area contributed by atoms with Crippen molar-refractivity contribution in [3.8, 4) is 28.7 Å². The number of hydrogen-bond acceptors (Lipinski definition) is 9. The number of carboxylic acids is 1. The molecule has 0 saturated heterocycles. The SMILES string of the molecule is CCCc1c(OCCCOc2cc(O)c(C(=NN)SN)cc2CC)cccc1Oc1ccccc1C(=O)O. The molecule has 3 aromatic carbocycles. The van der Waals surface area contributed by atoms with Crippen LogP contribution in [0.4, 0.5) is 0 Å². The molecule has 9 nitrogen and oxygen atoms in total. The van der Waals surface area contributed by atoms with E-state index in [-0.39, 0.29) is 17.1 Å². The normalized spacial score (nSPS) is 11.3. The quantitative estimate of drug-likeness (QED) is 0.0553. The number of aromatic carboxylic acids is 1. The summed E-state index contributed by atoms with van der Waals surface area (Å²) in [6, 6.07) is 15.4. The van der Waals surface area contributed by atoms with Crippen LogP contribution in [-0.4, -0.2) is 34.4 Å². The maximum absolute atomic E-state index is 11.6. The fourth-order valence-electron chi connectivity index (χ4n) is 3.91. The molecule has 0 unspecified atom stereocenters. The van der Waals surface area contributed by atoms with Gasteiger partial charge >= 0.3 is 5.97 Å². The Morgan fingerprint density at radius 2 is 1.63 bits per heavy atom. The number of benzene rings is 3. The number of hydrogen-bond donors (Lipinski definition) is 4. The number of nitrogens with zero attached hydrogens (tertiary/aromatic N) is 1. The van der Waals surface area contributed by atoms with Crippen molar-refractivity contribution < 1.29 is 29.2 Å². The number of phenolic OH excluding ortho intramolecular Hbond substituents is 1. The molecule has 0 spiro atoms. The van der Waals surface area contributed by atoms with Crippen LogP contribution < -0.4 is 25.2 Å². The van der Waals surface area contributed by atoms with Crippen LogP contribution in [0.15, 0.2) is 59.7 Å². The standard InChI is InChI=1S/C28H33N3O6S/c1-3-9-19-23(12-7-13-24(19)37-25-11-6-5-10-20(25)28(33)34)35-14-8-15-36-26-17-22(32)21(16-18(26)4-2)27(31-29)38-30/h5-7,10-13,16-17,32H,3-4,8-9,14-15,29-30H2,1-2H3,(H,33,34). The van der Waals surface area contributed by atoms with Crippen molar-refractivity contribution >= 4 is 23.0 Å². The topological polar surface area (TPSA) is 150 Å². The third kappa shape index (κ3) is 7.11. The van der Waals surface area contributed by atoms with Crippen molar-refractivity contribution in [3.63, 3.8) is 0 Å². The lowest BCUT2D eigenvalue weighted by atomic mass is 10.1. The highest BCUT2D eigenvalue weighted by Gasteiger charge is 2.16. The molecular weight excluding hydrogens is 506 g/mol. The fraction of sp³-hybridized carbons (Fsp3) is 0.286. The summed E-state index contributed by atoms with van der Waals surface area (Å²) in [4.78, 5) is 11.6. The molecule has 6 N–H and O–H groups in total. The highest BCUT2D eigenvalue weighted by Crippen LogP contribution is 2.35. The van der Waals surface area contributed by atoms with E-state index in [1.165, 1.54) is 6.07 Å². The Labute approximate surface area is 226 Å². The molecule has 0 aliphatic rings. The summed E-state index contributed by atoms with van der Waals surface area (Å²) >= 11 is 0.865. The van der Waals surface area contributed by atoms with E-state index in [0.717, 1.165) is 29.5 Å². The smallest absolute Gasteiger partial charge is 0.339 e. The molecule has 10 heteroatoms. The molecule has 202 valence electrons. The molecule has 0 aliphatic heterocycles. The summed E-state index contributed by atoms with van der Waals surface area (Å²) in [6.45, 7) is 4.81. The minimum atomic E-state index is -1.05. The van der Waals surface area contributed by atoms with Crippen molar-refractivity contribution in [3.05, 3.63) is 76.9 Å². The van der Waals surface area contributed by atoms with Crippen molar-refractivity contribution in [1.82, 2.24) is 0 Å². The number of hydrazone groups is 1. The Balaban J connectivity index is 1.66. The molecule has 38 heavy (non-hydrogen) atoms. The van der Waals surface area contributed by atoms with E-state index in [2.05, 4.69) is 12.0 Å². The Bertz CT molecular complexity index is 1280.